The second-order valence-electron chi connectivity index (χ2n) is 8.22. The van der Waals surface area contributed by atoms with Gasteiger partial charge >= 0.3 is 6.03 Å². The van der Waals surface area contributed by atoms with Gasteiger partial charge in [0.1, 0.15) is 0 Å². The van der Waals surface area contributed by atoms with Crippen molar-refractivity contribution in [3.8, 4) is 0 Å². The van der Waals surface area contributed by atoms with Gasteiger partial charge in [0.15, 0.2) is 0 Å². The van der Waals surface area contributed by atoms with Crippen LogP contribution in [0.1, 0.15) is 43.2 Å². The Morgan fingerprint density at radius 1 is 1.03 bits per heavy atom. The van der Waals surface area contributed by atoms with Crippen LogP contribution in [-0.2, 0) is 11.3 Å². The first-order chi connectivity index (χ1) is 14.1. The van der Waals surface area contributed by atoms with E-state index in [9.17, 15) is 9.59 Å². The van der Waals surface area contributed by atoms with Crippen LogP contribution in [0.5, 0.6) is 0 Å². The molecule has 0 bridgehead atoms. The summed E-state index contributed by atoms with van der Waals surface area (Å²) in [6.45, 7) is 4.20. The highest BCUT2D eigenvalue weighted by Gasteiger charge is 2.27. The van der Waals surface area contributed by atoms with Crippen LogP contribution in [-0.4, -0.2) is 29.9 Å². The molecule has 0 unspecified atom stereocenters. The third-order valence-corrected chi connectivity index (χ3v) is 5.94. The lowest BCUT2D eigenvalue weighted by molar-refractivity contribution is -0.119. The Hall–Kier alpha value is -2.82. The van der Waals surface area contributed by atoms with E-state index in [0.29, 0.717) is 6.54 Å². The molecule has 0 radical (unpaired) electrons. The molecule has 1 N–H and O–H groups in total. The van der Waals surface area contributed by atoms with E-state index < -0.39 is 0 Å². The maximum Gasteiger partial charge on any atom is 0.324 e. The standard InChI is InChI=1S/C24H29N3O2/c1-18-6-4-7-19(16-18)17-26-14-5-15-27(24(26)29)22-12-10-21(11-13-22)25-23(28)20-8-2-3-9-20/h4,6-7,10-13,16,20H,2-3,5,8-9,14-15,17H2,1H3,(H,25,28). The van der Waals surface area contributed by atoms with E-state index in [0.717, 1.165) is 62.1 Å². The second-order valence-corrected chi connectivity index (χ2v) is 8.22. The molecule has 1 heterocycles. The number of nitrogens with zero attached hydrogens (tertiary/aromatic N) is 2. The molecule has 1 aliphatic carbocycles. The number of benzene rings is 2. The van der Waals surface area contributed by atoms with Crippen molar-refractivity contribution in [3.63, 3.8) is 0 Å². The number of amides is 3. The number of urea groups is 1. The maximum atomic E-state index is 13.0. The Bertz CT molecular complexity index is 872. The molecule has 5 nitrogen and oxygen atoms in total. The molecule has 2 aromatic rings. The van der Waals surface area contributed by atoms with E-state index in [-0.39, 0.29) is 17.9 Å². The van der Waals surface area contributed by atoms with Gasteiger partial charge in [0.2, 0.25) is 5.91 Å². The molecule has 2 aliphatic rings. The molecule has 5 heteroatoms. The van der Waals surface area contributed by atoms with Crippen molar-refractivity contribution < 1.29 is 9.59 Å². The van der Waals surface area contributed by atoms with Crippen LogP contribution in [0.15, 0.2) is 48.5 Å². The summed E-state index contributed by atoms with van der Waals surface area (Å²) in [4.78, 5) is 29.1. The van der Waals surface area contributed by atoms with Crippen molar-refractivity contribution in [1.82, 2.24) is 4.90 Å². The fourth-order valence-electron chi connectivity index (χ4n) is 4.36. The summed E-state index contributed by atoms with van der Waals surface area (Å²) in [5, 5.41) is 3.02. The first-order valence-electron chi connectivity index (χ1n) is 10.6. The molecular weight excluding hydrogens is 362 g/mol. The van der Waals surface area contributed by atoms with Crippen LogP contribution < -0.4 is 10.2 Å². The lowest BCUT2D eigenvalue weighted by Gasteiger charge is -2.35. The Labute approximate surface area is 172 Å². The summed E-state index contributed by atoms with van der Waals surface area (Å²) in [5.41, 5.74) is 4.04. The summed E-state index contributed by atoms with van der Waals surface area (Å²) in [7, 11) is 0. The van der Waals surface area contributed by atoms with Crippen molar-refractivity contribution >= 4 is 23.3 Å². The minimum absolute atomic E-state index is 0.0421. The monoisotopic (exact) mass is 391 g/mol. The molecule has 1 aliphatic heterocycles. The van der Waals surface area contributed by atoms with Gasteiger partial charge in [0.05, 0.1) is 0 Å². The molecule has 0 atom stereocenters. The average molecular weight is 392 g/mol. The third kappa shape index (κ3) is 4.61. The lowest BCUT2D eigenvalue weighted by Crippen LogP contribution is -2.49. The Morgan fingerprint density at radius 2 is 1.79 bits per heavy atom. The highest BCUT2D eigenvalue weighted by Crippen LogP contribution is 2.27. The van der Waals surface area contributed by atoms with Crippen LogP contribution in [0.3, 0.4) is 0 Å². The number of hydrogen-bond donors (Lipinski definition) is 1. The summed E-state index contributed by atoms with van der Waals surface area (Å²) in [5.74, 6) is 0.266. The van der Waals surface area contributed by atoms with E-state index in [1.807, 2.05) is 40.1 Å². The van der Waals surface area contributed by atoms with Gasteiger partial charge in [-0.3, -0.25) is 9.69 Å². The SMILES string of the molecule is Cc1cccc(CN2CCCN(c3ccc(NC(=O)C4CCCC4)cc3)C2=O)c1. The molecule has 2 aromatic carbocycles. The van der Waals surface area contributed by atoms with Crippen molar-refractivity contribution in [2.75, 3.05) is 23.3 Å². The first-order valence-corrected chi connectivity index (χ1v) is 10.6. The van der Waals surface area contributed by atoms with Crippen molar-refractivity contribution in [1.29, 1.82) is 0 Å². The molecule has 3 amide bonds. The summed E-state index contributed by atoms with van der Waals surface area (Å²) < 4.78 is 0. The predicted molar refractivity (Wildman–Crippen MR) is 116 cm³/mol. The number of nitrogens with one attached hydrogen (secondary N) is 1. The lowest BCUT2D eigenvalue weighted by atomic mass is 10.1. The average Bonchev–Trinajstić information content (AvgIpc) is 3.26. The minimum atomic E-state index is 0.0421. The third-order valence-electron chi connectivity index (χ3n) is 5.94. The number of aryl methyl sites for hydroxylation is 1. The van der Waals surface area contributed by atoms with Gasteiger partial charge < -0.3 is 10.2 Å². The number of carbonyl (C=O) groups is 2. The van der Waals surface area contributed by atoms with Crippen molar-refractivity contribution in [2.45, 2.75) is 45.6 Å². The minimum Gasteiger partial charge on any atom is -0.326 e. The highest BCUT2D eigenvalue weighted by atomic mass is 16.2. The zero-order valence-electron chi connectivity index (χ0n) is 17.1. The molecule has 4 rings (SSSR count). The van der Waals surface area contributed by atoms with Gasteiger partial charge in [0.25, 0.3) is 0 Å². The fraction of sp³-hybridized carbons (Fsp3) is 0.417. The first kappa shape index (κ1) is 19.5. The number of anilines is 2. The topological polar surface area (TPSA) is 52.6 Å². The van der Waals surface area contributed by atoms with Crippen LogP contribution in [0, 0.1) is 12.8 Å². The van der Waals surface area contributed by atoms with Crippen molar-refractivity contribution in [3.05, 3.63) is 59.7 Å². The maximum absolute atomic E-state index is 13.0. The van der Waals surface area contributed by atoms with Gasteiger partial charge in [0, 0.05) is 36.9 Å². The highest BCUT2D eigenvalue weighted by molar-refractivity contribution is 5.95. The predicted octanol–water partition coefficient (Wildman–Crippen LogP) is 4.96. The van der Waals surface area contributed by atoms with Crippen molar-refractivity contribution in [2.24, 2.45) is 5.92 Å². The molecule has 1 saturated heterocycles. The van der Waals surface area contributed by atoms with E-state index in [1.165, 1.54) is 5.56 Å². The second kappa shape index (κ2) is 8.68. The quantitative estimate of drug-likeness (QED) is 0.783. The zero-order valence-corrected chi connectivity index (χ0v) is 17.1. The normalized spacial score (nSPS) is 17.6. The van der Waals surface area contributed by atoms with E-state index in [2.05, 4.69) is 30.4 Å². The molecule has 1 saturated carbocycles. The van der Waals surface area contributed by atoms with Gasteiger partial charge in [-0.05, 0) is 56.0 Å². The van der Waals surface area contributed by atoms with E-state index in [1.54, 1.807) is 0 Å². The zero-order chi connectivity index (χ0) is 20.2. The number of rotatable bonds is 5. The number of carbonyl (C=O) groups excluding carboxylic acids is 2. The van der Waals surface area contributed by atoms with Gasteiger partial charge in [-0.15, -0.1) is 0 Å². The Balaban J connectivity index is 1.40. The summed E-state index contributed by atoms with van der Waals surface area (Å²) >= 11 is 0. The largest absolute Gasteiger partial charge is 0.326 e. The van der Waals surface area contributed by atoms with E-state index in [4.69, 9.17) is 0 Å². The fourth-order valence-corrected chi connectivity index (χ4v) is 4.36. The number of hydrogen-bond acceptors (Lipinski definition) is 2. The smallest absolute Gasteiger partial charge is 0.324 e. The Morgan fingerprint density at radius 3 is 2.52 bits per heavy atom. The summed E-state index contributed by atoms with van der Waals surface area (Å²) in [6, 6.07) is 16.0. The molecule has 152 valence electrons. The van der Waals surface area contributed by atoms with Gasteiger partial charge in [-0.1, -0.05) is 42.7 Å². The van der Waals surface area contributed by atoms with Crippen LogP contribution in [0.4, 0.5) is 16.2 Å². The van der Waals surface area contributed by atoms with Gasteiger partial charge in [-0.2, -0.15) is 0 Å². The summed E-state index contributed by atoms with van der Waals surface area (Å²) in [6.07, 6.45) is 5.21. The Kier molecular flexibility index (Phi) is 5.84. The van der Waals surface area contributed by atoms with Crippen LogP contribution in [0.2, 0.25) is 0 Å². The van der Waals surface area contributed by atoms with Crippen LogP contribution >= 0.6 is 0 Å². The molecular formula is C24H29N3O2. The van der Waals surface area contributed by atoms with E-state index >= 15 is 0 Å². The molecule has 0 spiro atoms. The molecule has 0 aromatic heterocycles. The van der Waals surface area contributed by atoms with Crippen LogP contribution in [0.25, 0.3) is 0 Å². The molecule has 2 fully saturated rings. The van der Waals surface area contributed by atoms with Gasteiger partial charge in [-0.25, -0.2) is 4.79 Å². The molecule has 29 heavy (non-hydrogen) atoms.